The molecule has 1 aliphatic heterocycles. The van der Waals surface area contributed by atoms with Gasteiger partial charge in [0.1, 0.15) is 11.4 Å². The molecule has 0 bridgehead atoms. The Hall–Kier alpha value is -3.91. The molecule has 2 amide bonds. The van der Waals surface area contributed by atoms with Crippen LogP contribution in [-0.2, 0) is 4.74 Å². The van der Waals surface area contributed by atoms with Gasteiger partial charge in [0, 0.05) is 48.2 Å². The lowest BCUT2D eigenvalue weighted by molar-refractivity contribution is 0.0240. The van der Waals surface area contributed by atoms with Crippen LogP contribution in [0.3, 0.4) is 0 Å². The van der Waals surface area contributed by atoms with E-state index in [1.807, 2.05) is 39.0 Å². The Morgan fingerprint density at radius 3 is 2.35 bits per heavy atom. The van der Waals surface area contributed by atoms with Crippen molar-refractivity contribution in [3.63, 3.8) is 0 Å². The monoisotopic (exact) mass is 520 g/mol. The third-order valence-electron chi connectivity index (χ3n) is 6.53. The highest BCUT2D eigenvalue weighted by Gasteiger charge is 2.26. The molecule has 4 N–H and O–H groups in total. The average molecular weight is 521 g/mol. The number of halogens is 1. The van der Waals surface area contributed by atoms with Crippen LogP contribution in [-0.4, -0.2) is 58.8 Å². The van der Waals surface area contributed by atoms with Crippen LogP contribution in [0.5, 0.6) is 5.75 Å². The number of amides is 2. The van der Waals surface area contributed by atoms with Crippen LogP contribution in [0.15, 0.2) is 48.5 Å². The number of ether oxygens (including phenoxy) is 1. The molecular weight excluding hydrogens is 492 g/mol. The first kappa shape index (κ1) is 24.8. The molecule has 5 rings (SSSR count). The van der Waals surface area contributed by atoms with Gasteiger partial charge in [-0.1, -0.05) is 23.7 Å². The fourth-order valence-electron chi connectivity index (χ4n) is 4.71. The predicted octanol–water partition coefficient (Wildman–Crippen LogP) is 5.50. The Morgan fingerprint density at radius 2 is 1.70 bits per heavy atom. The van der Waals surface area contributed by atoms with Gasteiger partial charge in [0.15, 0.2) is 0 Å². The quantitative estimate of drug-likeness (QED) is 0.330. The van der Waals surface area contributed by atoms with Gasteiger partial charge >= 0.3 is 6.09 Å². The van der Waals surface area contributed by atoms with E-state index in [-0.39, 0.29) is 16.9 Å². The minimum Gasteiger partial charge on any atom is -0.506 e. The van der Waals surface area contributed by atoms with Gasteiger partial charge in [-0.15, -0.1) is 0 Å². The number of nitrogens with two attached hydrogens (primary N) is 1. The van der Waals surface area contributed by atoms with Crippen molar-refractivity contribution in [2.24, 2.45) is 5.73 Å². The van der Waals surface area contributed by atoms with E-state index in [4.69, 9.17) is 22.1 Å². The van der Waals surface area contributed by atoms with Gasteiger partial charge in [-0.25, -0.2) is 4.79 Å². The van der Waals surface area contributed by atoms with Crippen LogP contribution >= 0.6 is 11.6 Å². The number of phenolic OH excluding ortho intramolecular Hbond substituents is 1. The second kappa shape index (κ2) is 9.19. The largest absolute Gasteiger partial charge is 0.506 e. The Labute approximate surface area is 219 Å². The average Bonchev–Trinajstić information content (AvgIpc) is 3.22. The molecule has 2 heterocycles. The Balaban J connectivity index is 1.47. The van der Waals surface area contributed by atoms with Crippen molar-refractivity contribution >= 4 is 51.1 Å². The number of nitrogens with zero attached hydrogens (tertiary/aromatic N) is 2. The van der Waals surface area contributed by atoms with E-state index in [1.165, 1.54) is 6.07 Å². The summed E-state index contributed by atoms with van der Waals surface area (Å²) < 4.78 is 5.50. The second-order valence-electron chi connectivity index (χ2n) is 10.3. The van der Waals surface area contributed by atoms with Gasteiger partial charge in [0.25, 0.3) is 5.91 Å². The van der Waals surface area contributed by atoms with Gasteiger partial charge in [-0.2, -0.15) is 0 Å². The summed E-state index contributed by atoms with van der Waals surface area (Å²) in [5.74, 6) is -0.546. The summed E-state index contributed by atoms with van der Waals surface area (Å²) in [5.41, 5.74) is 9.71. The topological polar surface area (TPSA) is 112 Å². The number of hydrogen-bond donors (Lipinski definition) is 3. The zero-order valence-electron chi connectivity index (χ0n) is 21.0. The molecule has 4 aromatic rings. The van der Waals surface area contributed by atoms with Gasteiger partial charge in [0.2, 0.25) is 0 Å². The molecule has 9 heteroatoms. The number of carbonyl (C=O) groups is 2. The Morgan fingerprint density at radius 1 is 0.973 bits per heavy atom. The van der Waals surface area contributed by atoms with Crippen LogP contribution in [0.2, 0.25) is 5.02 Å². The number of nitrogens with one attached hydrogen (secondary N) is 1. The maximum absolute atomic E-state index is 12.4. The number of fused-ring (bicyclic) bond motifs is 3. The first-order valence-electron chi connectivity index (χ1n) is 12.1. The van der Waals surface area contributed by atoms with E-state index >= 15 is 0 Å². The highest BCUT2D eigenvalue weighted by Crippen LogP contribution is 2.36. The van der Waals surface area contributed by atoms with Crippen LogP contribution in [0.1, 0.15) is 31.1 Å². The number of carbonyl (C=O) groups excluding carboxylic acids is 2. The maximum atomic E-state index is 12.4. The number of piperazine rings is 1. The SMILES string of the molecule is CC(C)(C)OC(=O)N1CCN(c2ccc3c(c2)[nH]c2c(C(N)=O)cc(-c4ccc(O)c(Cl)c4)cc23)CC1. The van der Waals surface area contributed by atoms with Crippen molar-refractivity contribution in [2.45, 2.75) is 26.4 Å². The molecule has 0 unspecified atom stereocenters. The van der Waals surface area contributed by atoms with Crippen molar-refractivity contribution in [2.75, 3.05) is 31.1 Å². The van der Waals surface area contributed by atoms with Gasteiger partial charge in [0.05, 0.1) is 16.1 Å². The van der Waals surface area contributed by atoms with E-state index < -0.39 is 11.5 Å². The van der Waals surface area contributed by atoms with Crippen LogP contribution in [0, 0.1) is 0 Å². The smallest absolute Gasteiger partial charge is 0.410 e. The molecule has 1 aromatic heterocycles. The molecule has 0 aliphatic carbocycles. The molecule has 1 saturated heterocycles. The lowest BCUT2D eigenvalue weighted by atomic mass is 9.98. The maximum Gasteiger partial charge on any atom is 0.410 e. The van der Waals surface area contributed by atoms with Gasteiger partial charge in [-0.3, -0.25) is 4.79 Å². The molecule has 192 valence electrons. The van der Waals surface area contributed by atoms with Crippen LogP contribution < -0.4 is 10.6 Å². The molecule has 3 aromatic carbocycles. The molecule has 0 saturated carbocycles. The highest BCUT2D eigenvalue weighted by atomic mass is 35.5. The van der Waals surface area contributed by atoms with Gasteiger partial charge in [-0.05, 0) is 68.3 Å². The molecule has 37 heavy (non-hydrogen) atoms. The molecule has 1 fully saturated rings. The molecule has 0 atom stereocenters. The number of benzene rings is 3. The van der Waals surface area contributed by atoms with E-state index in [0.29, 0.717) is 37.3 Å². The summed E-state index contributed by atoms with van der Waals surface area (Å²) in [6.07, 6.45) is -0.289. The van der Waals surface area contributed by atoms with Crippen LogP contribution in [0.4, 0.5) is 10.5 Å². The number of aromatic amines is 1. The fourth-order valence-corrected chi connectivity index (χ4v) is 4.89. The summed E-state index contributed by atoms with van der Waals surface area (Å²) in [4.78, 5) is 32.1. The zero-order valence-corrected chi connectivity index (χ0v) is 21.7. The summed E-state index contributed by atoms with van der Waals surface area (Å²) >= 11 is 6.12. The minimum atomic E-state index is -0.540. The lowest BCUT2D eigenvalue weighted by Gasteiger charge is -2.36. The summed E-state index contributed by atoms with van der Waals surface area (Å²) in [5, 5.41) is 11.8. The fraction of sp³-hybridized carbons (Fsp3) is 0.286. The van der Waals surface area contributed by atoms with Crippen LogP contribution in [0.25, 0.3) is 32.9 Å². The minimum absolute atomic E-state index is 0.00632. The number of rotatable bonds is 3. The second-order valence-corrected chi connectivity index (χ2v) is 10.7. The zero-order chi connectivity index (χ0) is 26.5. The van der Waals surface area contributed by atoms with Gasteiger partial charge < -0.3 is 30.4 Å². The summed E-state index contributed by atoms with van der Waals surface area (Å²) in [7, 11) is 0. The third kappa shape index (κ3) is 4.89. The summed E-state index contributed by atoms with van der Waals surface area (Å²) in [6.45, 7) is 8.11. The Bertz CT molecular complexity index is 1530. The van der Waals surface area contributed by atoms with E-state index in [1.54, 1.807) is 23.1 Å². The predicted molar refractivity (Wildman–Crippen MR) is 146 cm³/mol. The first-order chi connectivity index (χ1) is 17.5. The number of hydrogen-bond acceptors (Lipinski definition) is 5. The summed E-state index contributed by atoms with van der Waals surface area (Å²) in [6, 6.07) is 14.8. The van der Waals surface area contributed by atoms with E-state index in [9.17, 15) is 14.7 Å². The van der Waals surface area contributed by atoms with Crippen molar-refractivity contribution in [3.8, 4) is 16.9 Å². The van der Waals surface area contributed by atoms with Crippen molar-refractivity contribution in [1.29, 1.82) is 0 Å². The van der Waals surface area contributed by atoms with Crippen molar-refractivity contribution in [3.05, 3.63) is 59.1 Å². The normalized spacial score (nSPS) is 14.4. The van der Waals surface area contributed by atoms with Crippen molar-refractivity contribution < 1.29 is 19.4 Å². The Kier molecular flexibility index (Phi) is 6.15. The number of phenols is 1. The molecule has 8 nitrogen and oxygen atoms in total. The molecule has 0 radical (unpaired) electrons. The van der Waals surface area contributed by atoms with E-state index in [0.717, 1.165) is 33.1 Å². The standard InChI is InChI=1S/C28H29ClN4O4/c1-28(2,3)37-27(36)33-10-8-32(9-11-33)18-5-6-19-20-12-17(16-4-7-24(34)22(29)14-16)13-21(26(30)35)25(20)31-23(19)15-18/h4-7,12-15,31,34H,8-11H2,1-3H3,(H2,30,35). The van der Waals surface area contributed by atoms with Crippen molar-refractivity contribution in [1.82, 2.24) is 9.88 Å². The number of anilines is 1. The lowest BCUT2D eigenvalue weighted by Crippen LogP contribution is -2.50. The number of aromatic nitrogens is 1. The third-order valence-corrected chi connectivity index (χ3v) is 6.84. The molecular formula is C28H29ClN4O4. The number of primary amides is 1. The highest BCUT2D eigenvalue weighted by molar-refractivity contribution is 6.32. The molecule has 0 spiro atoms. The number of H-pyrrole nitrogens is 1. The van der Waals surface area contributed by atoms with E-state index in [2.05, 4.69) is 16.0 Å². The molecule has 1 aliphatic rings. The first-order valence-corrected chi connectivity index (χ1v) is 12.5. The number of aromatic hydroxyl groups is 1.